The number of fused-ring (bicyclic) bond motifs is 1. The second-order valence-corrected chi connectivity index (χ2v) is 7.43. The third-order valence-electron chi connectivity index (χ3n) is 4.07. The first-order valence-electron chi connectivity index (χ1n) is 8.55. The highest BCUT2D eigenvalue weighted by molar-refractivity contribution is 7.22. The van der Waals surface area contributed by atoms with Gasteiger partial charge in [0.25, 0.3) is 0 Å². The van der Waals surface area contributed by atoms with E-state index >= 15 is 0 Å². The van der Waals surface area contributed by atoms with Gasteiger partial charge >= 0.3 is 5.97 Å². The first-order valence-corrected chi connectivity index (χ1v) is 9.74. The lowest BCUT2D eigenvalue weighted by Gasteiger charge is -2.18. The van der Waals surface area contributed by atoms with Crippen LogP contribution >= 0.6 is 22.9 Å². The molecule has 1 aromatic carbocycles. The van der Waals surface area contributed by atoms with Crippen molar-refractivity contribution in [3.8, 4) is 0 Å². The van der Waals surface area contributed by atoms with Crippen molar-refractivity contribution in [1.82, 2.24) is 9.97 Å². The van der Waals surface area contributed by atoms with E-state index in [1.54, 1.807) is 17.4 Å². The topological polar surface area (TPSA) is 66.3 Å². The van der Waals surface area contributed by atoms with Crippen LogP contribution in [0.3, 0.4) is 0 Å². The molecule has 0 atom stereocenters. The fraction of sp³-hybridized carbons (Fsp3) is 0.316. The van der Waals surface area contributed by atoms with Crippen LogP contribution in [0.25, 0.3) is 10.2 Å². The minimum atomic E-state index is -1.03. The van der Waals surface area contributed by atoms with Crippen molar-refractivity contribution in [3.05, 3.63) is 52.3 Å². The Hall–Kier alpha value is -2.18. The Bertz CT molecular complexity index is 942. The average Bonchev–Trinajstić information content (AvgIpc) is 3.03. The van der Waals surface area contributed by atoms with Crippen LogP contribution in [0.15, 0.2) is 30.3 Å². The Morgan fingerprint density at radius 1 is 1.27 bits per heavy atom. The number of thiazole rings is 1. The summed E-state index contributed by atoms with van der Waals surface area (Å²) in [5.74, 6) is -1.03. The lowest BCUT2D eigenvalue weighted by atomic mass is 10.1. The highest BCUT2D eigenvalue weighted by atomic mass is 35.5. The second kappa shape index (κ2) is 8.01. The number of rotatable bonds is 7. The van der Waals surface area contributed by atoms with Crippen LogP contribution in [0.1, 0.15) is 42.0 Å². The number of hydrogen-bond acceptors (Lipinski definition) is 5. The largest absolute Gasteiger partial charge is 0.477 e. The monoisotopic (exact) mass is 389 g/mol. The summed E-state index contributed by atoms with van der Waals surface area (Å²) in [6, 6.07) is 8.84. The predicted molar refractivity (Wildman–Crippen MR) is 107 cm³/mol. The molecule has 136 valence electrons. The molecule has 0 bridgehead atoms. The number of carboxylic acid groups (broad SMARTS) is 1. The molecule has 2 heterocycles. The van der Waals surface area contributed by atoms with Gasteiger partial charge in [-0.2, -0.15) is 0 Å². The molecule has 0 radical (unpaired) electrons. The number of aromatic nitrogens is 2. The summed E-state index contributed by atoms with van der Waals surface area (Å²) >= 11 is 7.94. The minimum absolute atomic E-state index is 0.0415. The zero-order valence-corrected chi connectivity index (χ0v) is 16.3. The van der Waals surface area contributed by atoms with Crippen molar-refractivity contribution in [3.63, 3.8) is 0 Å². The molecule has 7 heteroatoms. The van der Waals surface area contributed by atoms with Crippen molar-refractivity contribution >= 4 is 44.3 Å². The maximum absolute atomic E-state index is 11.1. The summed E-state index contributed by atoms with van der Waals surface area (Å²) in [4.78, 5) is 22.5. The van der Waals surface area contributed by atoms with Crippen molar-refractivity contribution in [2.75, 3.05) is 18.0 Å². The van der Waals surface area contributed by atoms with Gasteiger partial charge in [0.1, 0.15) is 5.69 Å². The number of anilines is 1. The molecule has 0 spiro atoms. The first-order chi connectivity index (χ1) is 12.5. The number of pyridine rings is 1. The van der Waals surface area contributed by atoms with Crippen LogP contribution in [0.2, 0.25) is 5.02 Å². The number of halogens is 1. The van der Waals surface area contributed by atoms with E-state index in [2.05, 4.69) is 23.7 Å². The Labute approximate surface area is 161 Å². The Balaban J connectivity index is 2.01. The van der Waals surface area contributed by atoms with E-state index in [1.165, 1.54) is 6.07 Å². The van der Waals surface area contributed by atoms with E-state index in [-0.39, 0.29) is 5.69 Å². The smallest absolute Gasteiger partial charge is 0.354 e. The van der Waals surface area contributed by atoms with Crippen LogP contribution < -0.4 is 4.90 Å². The van der Waals surface area contributed by atoms with E-state index in [1.807, 2.05) is 18.2 Å². The quantitative estimate of drug-likeness (QED) is 0.624. The third-order valence-corrected chi connectivity index (χ3v) is 5.35. The molecule has 0 aliphatic carbocycles. The van der Waals surface area contributed by atoms with Gasteiger partial charge in [0.05, 0.1) is 10.2 Å². The molecule has 0 aliphatic rings. The first kappa shape index (κ1) is 18.6. The number of aromatic carboxylic acids is 1. The molecule has 0 saturated heterocycles. The van der Waals surface area contributed by atoms with E-state index in [9.17, 15) is 4.79 Å². The van der Waals surface area contributed by atoms with Gasteiger partial charge in [0.2, 0.25) is 0 Å². The number of hydrogen-bond donors (Lipinski definition) is 1. The van der Waals surface area contributed by atoms with Gasteiger partial charge in [-0.15, -0.1) is 0 Å². The highest BCUT2D eigenvalue weighted by Gasteiger charge is 2.15. The molecule has 1 N–H and O–H groups in total. The Morgan fingerprint density at radius 3 is 2.77 bits per heavy atom. The van der Waals surface area contributed by atoms with Gasteiger partial charge in [0, 0.05) is 30.2 Å². The predicted octanol–water partition coefficient (Wildman–Crippen LogP) is 4.87. The maximum Gasteiger partial charge on any atom is 0.354 e. The van der Waals surface area contributed by atoms with Gasteiger partial charge in [-0.05, 0) is 43.2 Å². The van der Waals surface area contributed by atoms with Crippen molar-refractivity contribution in [2.45, 2.75) is 26.7 Å². The van der Waals surface area contributed by atoms with E-state index < -0.39 is 5.97 Å². The fourth-order valence-corrected chi connectivity index (χ4v) is 4.32. The fourth-order valence-electron chi connectivity index (χ4n) is 2.87. The van der Waals surface area contributed by atoms with Crippen molar-refractivity contribution in [1.29, 1.82) is 0 Å². The molecule has 26 heavy (non-hydrogen) atoms. The molecule has 0 aliphatic heterocycles. The Kier molecular flexibility index (Phi) is 5.74. The molecule has 3 aromatic rings. The summed E-state index contributed by atoms with van der Waals surface area (Å²) in [6.45, 7) is 6.14. The number of benzene rings is 1. The second-order valence-electron chi connectivity index (χ2n) is 5.98. The molecule has 0 amide bonds. The lowest BCUT2D eigenvalue weighted by molar-refractivity contribution is 0.0690. The molecule has 0 unspecified atom stereocenters. The van der Waals surface area contributed by atoms with E-state index in [0.717, 1.165) is 40.4 Å². The van der Waals surface area contributed by atoms with Crippen LogP contribution in [0, 0.1) is 0 Å². The van der Waals surface area contributed by atoms with E-state index in [0.29, 0.717) is 17.1 Å². The van der Waals surface area contributed by atoms with Gasteiger partial charge in [-0.1, -0.05) is 35.9 Å². The molecule has 3 rings (SSSR count). The molecule has 2 aromatic heterocycles. The average molecular weight is 390 g/mol. The minimum Gasteiger partial charge on any atom is -0.477 e. The van der Waals surface area contributed by atoms with E-state index in [4.69, 9.17) is 21.7 Å². The number of carbonyl (C=O) groups is 1. The van der Waals surface area contributed by atoms with Crippen molar-refractivity contribution < 1.29 is 9.90 Å². The van der Waals surface area contributed by atoms with Crippen LogP contribution in [0.5, 0.6) is 0 Å². The molecule has 0 saturated carbocycles. The standard InChI is InChI=1S/C19H20ClN3O2S/c1-3-8-23(4-2)19-22-17-12(9-13(20)11-16(17)26-19)10-14-6-5-7-15(21-14)18(24)25/h5-7,9,11H,3-4,8,10H2,1-2H3,(H,24,25). The Morgan fingerprint density at radius 2 is 2.08 bits per heavy atom. The summed E-state index contributed by atoms with van der Waals surface area (Å²) in [5, 5.41) is 10.8. The van der Waals surface area contributed by atoms with Gasteiger partial charge in [-0.25, -0.2) is 14.8 Å². The summed E-state index contributed by atoms with van der Waals surface area (Å²) in [7, 11) is 0. The molecule has 0 fully saturated rings. The molecule has 5 nitrogen and oxygen atoms in total. The lowest BCUT2D eigenvalue weighted by Crippen LogP contribution is -2.23. The third kappa shape index (κ3) is 3.97. The number of nitrogens with zero attached hydrogens (tertiary/aromatic N) is 3. The van der Waals surface area contributed by atoms with Gasteiger partial charge in [-0.3, -0.25) is 0 Å². The zero-order chi connectivity index (χ0) is 18.7. The maximum atomic E-state index is 11.1. The summed E-state index contributed by atoms with van der Waals surface area (Å²) in [5.41, 5.74) is 2.59. The normalized spacial score (nSPS) is 11.0. The molecular weight excluding hydrogens is 370 g/mol. The number of carboxylic acids is 1. The van der Waals surface area contributed by atoms with Crippen LogP contribution in [-0.2, 0) is 6.42 Å². The molecular formula is C19H20ClN3O2S. The van der Waals surface area contributed by atoms with Gasteiger partial charge < -0.3 is 10.0 Å². The SMILES string of the molecule is CCCN(CC)c1nc2c(Cc3cccc(C(=O)O)n3)cc(Cl)cc2s1. The summed E-state index contributed by atoms with van der Waals surface area (Å²) in [6.07, 6.45) is 1.55. The van der Waals surface area contributed by atoms with Crippen LogP contribution in [-0.4, -0.2) is 34.1 Å². The van der Waals surface area contributed by atoms with Crippen molar-refractivity contribution in [2.24, 2.45) is 0 Å². The van der Waals surface area contributed by atoms with Crippen LogP contribution in [0.4, 0.5) is 5.13 Å². The zero-order valence-electron chi connectivity index (χ0n) is 14.7. The van der Waals surface area contributed by atoms with Gasteiger partial charge in [0.15, 0.2) is 5.13 Å². The summed E-state index contributed by atoms with van der Waals surface area (Å²) < 4.78 is 1.03. The highest BCUT2D eigenvalue weighted by Crippen LogP contribution is 2.34.